The van der Waals surface area contributed by atoms with Crippen molar-refractivity contribution in [1.29, 1.82) is 5.41 Å². The Morgan fingerprint density at radius 2 is 2.00 bits per heavy atom. The number of Topliss-reactive ketones (excluding diaryl/α,β-unsaturated/α-hetero) is 1. The molecule has 1 aliphatic heterocycles. The third kappa shape index (κ3) is 6.44. The molecule has 0 atom stereocenters. The van der Waals surface area contributed by atoms with Crippen LogP contribution in [0.15, 0.2) is 57.7 Å². The number of ketones is 1. The topological polar surface area (TPSA) is 145 Å². The molecule has 1 fully saturated rings. The van der Waals surface area contributed by atoms with Crippen molar-refractivity contribution in [3.63, 3.8) is 0 Å². The number of sulfonamides is 1. The van der Waals surface area contributed by atoms with Gasteiger partial charge in [0.15, 0.2) is 5.78 Å². The first-order valence-electron chi connectivity index (χ1n) is 13.3. The summed E-state index contributed by atoms with van der Waals surface area (Å²) in [4.78, 5) is 32.7. The van der Waals surface area contributed by atoms with Crippen molar-refractivity contribution >= 4 is 33.3 Å². The summed E-state index contributed by atoms with van der Waals surface area (Å²) < 4.78 is 48.2. The molecule has 0 spiro atoms. The number of nitrogens with one attached hydrogen (secondary N) is 3. The molecule has 1 saturated heterocycles. The lowest BCUT2D eigenvalue weighted by Gasteiger charge is -2.27. The van der Waals surface area contributed by atoms with E-state index in [0.29, 0.717) is 24.2 Å². The van der Waals surface area contributed by atoms with Gasteiger partial charge in [0.05, 0.1) is 22.8 Å². The Bertz CT molecular complexity index is 1680. The lowest BCUT2D eigenvalue weighted by atomic mass is 10.0. The summed E-state index contributed by atoms with van der Waals surface area (Å²) in [6.07, 6.45) is 2.56. The van der Waals surface area contributed by atoms with E-state index in [0.717, 1.165) is 0 Å². The standard InChI is InChI=1S/C29H32FN5O5S/c1-4-7-23(31)26-27(32-3)29(37)34-28(33-26)22-16-21(10-11-25(22)40-5-2)41(38,39)35-13-12-24(36)19(17-35)14-18-8-6-9-20(30)15-18/h6,8-11,14-16,31-32H,4-5,7,12-13,17H2,1-3H3,(H,33,34,37)/b19-14+,31-23?. The van der Waals surface area contributed by atoms with Gasteiger partial charge in [-0.3, -0.25) is 9.59 Å². The third-order valence-electron chi connectivity index (χ3n) is 6.58. The number of anilines is 1. The van der Waals surface area contributed by atoms with Gasteiger partial charge in [0, 0.05) is 32.1 Å². The molecule has 216 valence electrons. The van der Waals surface area contributed by atoms with Crippen LogP contribution < -0.4 is 15.6 Å². The molecule has 0 aliphatic carbocycles. The van der Waals surface area contributed by atoms with Crippen LogP contribution in [0.25, 0.3) is 17.5 Å². The van der Waals surface area contributed by atoms with Gasteiger partial charge in [0.25, 0.3) is 5.56 Å². The quantitative estimate of drug-likeness (QED) is 0.240. The zero-order valence-corrected chi connectivity index (χ0v) is 23.9. The van der Waals surface area contributed by atoms with Gasteiger partial charge >= 0.3 is 0 Å². The molecular formula is C29H32FN5O5S. The number of hydrogen-bond donors (Lipinski definition) is 3. The maximum absolute atomic E-state index is 13.8. The van der Waals surface area contributed by atoms with Crippen molar-refractivity contribution in [1.82, 2.24) is 14.3 Å². The zero-order chi connectivity index (χ0) is 29.7. The molecule has 4 rings (SSSR count). The number of piperidine rings is 1. The van der Waals surface area contributed by atoms with Crippen LogP contribution in [-0.2, 0) is 14.8 Å². The number of nitrogens with zero attached hydrogens (tertiary/aromatic N) is 2. The van der Waals surface area contributed by atoms with Crippen LogP contribution >= 0.6 is 0 Å². The number of aromatic nitrogens is 2. The molecule has 41 heavy (non-hydrogen) atoms. The molecule has 2 heterocycles. The van der Waals surface area contributed by atoms with Crippen LogP contribution in [0.4, 0.5) is 10.1 Å². The summed E-state index contributed by atoms with van der Waals surface area (Å²) in [7, 11) is -2.54. The third-order valence-corrected chi connectivity index (χ3v) is 8.42. The van der Waals surface area contributed by atoms with Gasteiger partial charge in [0.1, 0.15) is 28.8 Å². The Balaban J connectivity index is 1.77. The van der Waals surface area contributed by atoms with Crippen molar-refractivity contribution in [3.05, 3.63) is 75.5 Å². The predicted octanol–water partition coefficient (Wildman–Crippen LogP) is 4.23. The second-order valence-electron chi connectivity index (χ2n) is 9.44. The van der Waals surface area contributed by atoms with E-state index in [9.17, 15) is 22.4 Å². The number of rotatable bonds is 10. The van der Waals surface area contributed by atoms with Gasteiger partial charge in [-0.25, -0.2) is 17.8 Å². The van der Waals surface area contributed by atoms with E-state index < -0.39 is 21.4 Å². The van der Waals surface area contributed by atoms with Crippen LogP contribution in [0.5, 0.6) is 5.75 Å². The summed E-state index contributed by atoms with van der Waals surface area (Å²) in [6, 6.07) is 9.97. The normalized spacial score (nSPS) is 15.2. The SMILES string of the molecule is CCCC(=N)c1nc(-c2cc(S(=O)(=O)N3CCC(=O)/C(=C/c4cccc(F)c4)C3)ccc2OCC)[nH]c(=O)c1NC. The Kier molecular flexibility index (Phi) is 9.14. The molecular weight excluding hydrogens is 549 g/mol. The van der Waals surface area contributed by atoms with Crippen molar-refractivity contribution in [2.24, 2.45) is 0 Å². The van der Waals surface area contributed by atoms with Gasteiger partial charge in [-0.05, 0) is 55.3 Å². The molecule has 1 aromatic heterocycles. The highest BCUT2D eigenvalue weighted by atomic mass is 32.2. The summed E-state index contributed by atoms with van der Waals surface area (Å²) in [5, 5.41) is 11.2. The fourth-order valence-electron chi connectivity index (χ4n) is 4.58. The van der Waals surface area contributed by atoms with E-state index in [1.54, 1.807) is 20.0 Å². The number of H-pyrrole nitrogens is 1. The van der Waals surface area contributed by atoms with Crippen LogP contribution in [0.3, 0.4) is 0 Å². The Morgan fingerprint density at radius 1 is 1.22 bits per heavy atom. The highest BCUT2D eigenvalue weighted by Gasteiger charge is 2.32. The molecule has 1 aliphatic rings. The minimum Gasteiger partial charge on any atom is -0.493 e. The molecule has 0 unspecified atom stereocenters. The number of halogens is 1. The number of ether oxygens (including phenoxy) is 1. The fourth-order valence-corrected chi connectivity index (χ4v) is 6.02. The van der Waals surface area contributed by atoms with E-state index in [2.05, 4.69) is 15.3 Å². The van der Waals surface area contributed by atoms with Gasteiger partial charge < -0.3 is 20.4 Å². The second kappa shape index (κ2) is 12.6. The number of carbonyl (C=O) groups is 1. The second-order valence-corrected chi connectivity index (χ2v) is 11.4. The highest BCUT2D eigenvalue weighted by Crippen LogP contribution is 2.33. The molecule has 0 amide bonds. The lowest BCUT2D eigenvalue weighted by Crippen LogP contribution is -2.40. The van der Waals surface area contributed by atoms with Gasteiger partial charge in [-0.15, -0.1) is 0 Å². The first-order valence-corrected chi connectivity index (χ1v) is 14.7. The summed E-state index contributed by atoms with van der Waals surface area (Å²) >= 11 is 0. The van der Waals surface area contributed by atoms with Crippen molar-refractivity contribution in [3.8, 4) is 17.1 Å². The smallest absolute Gasteiger partial charge is 0.275 e. The molecule has 2 aromatic carbocycles. The zero-order valence-electron chi connectivity index (χ0n) is 23.1. The van der Waals surface area contributed by atoms with Crippen LogP contribution in [-0.4, -0.2) is 60.9 Å². The van der Waals surface area contributed by atoms with Crippen LogP contribution in [0.1, 0.15) is 44.4 Å². The Labute approximate surface area is 237 Å². The number of benzene rings is 2. The average molecular weight is 582 g/mol. The molecule has 3 aromatic rings. The maximum Gasteiger partial charge on any atom is 0.275 e. The largest absolute Gasteiger partial charge is 0.493 e. The highest BCUT2D eigenvalue weighted by molar-refractivity contribution is 7.89. The molecule has 12 heteroatoms. The van der Waals surface area contributed by atoms with E-state index in [1.165, 1.54) is 46.8 Å². The minimum absolute atomic E-state index is 0.0194. The summed E-state index contributed by atoms with van der Waals surface area (Å²) in [5.74, 6) is -0.302. The van der Waals surface area contributed by atoms with Gasteiger partial charge in [0.2, 0.25) is 10.0 Å². The summed E-state index contributed by atoms with van der Waals surface area (Å²) in [5.41, 5.74) is 0.925. The van der Waals surface area contributed by atoms with E-state index >= 15 is 0 Å². The lowest BCUT2D eigenvalue weighted by molar-refractivity contribution is -0.116. The monoisotopic (exact) mass is 581 g/mol. The van der Waals surface area contributed by atoms with Crippen molar-refractivity contribution in [2.75, 3.05) is 32.1 Å². The van der Waals surface area contributed by atoms with E-state index in [-0.39, 0.29) is 70.8 Å². The fraction of sp³-hybridized carbons (Fsp3) is 0.310. The van der Waals surface area contributed by atoms with Crippen molar-refractivity contribution < 1.29 is 22.3 Å². The molecule has 0 bridgehead atoms. The molecule has 10 nitrogen and oxygen atoms in total. The molecule has 0 saturated carbocycles. The number of carbonyl (C=O) groups excluding carboxylic acids is 1. The van der Waals surface area contributed by atoms with Crippen molar-refractivity contribution in [2.45, 2.75) is 38.0 Å². The van der Waals surface area contributed by atoms with Gasteiger partial charge in [-0.2, -0.15) is 4.31 Å². The number of aromatic amines is 1. The van der Waals surface area contributed by atoms with Crippen LogP contribution in [0, 0.1) is 11.2 Å². The predicted molar refractivity (Wildman–Crippen MR) is 156 cm³/mol. The average Bonchev–Trinajstić information content (AvgIpc) is 2.94. The Hall–Kier alpha value is -4.16. The summed E-state index contributed by atoms with van der Waals surface area (Å²) in [6.45, 7) is 3.77. The Morgan fingerprint density at radius 3 is 2.68 bits per heavy atom. The first-order chi connectivity index (χ1) is 19.6. The first kappa shape index (κ1) is 29.8. The molecule has 0 radical (unpaired) electrons. The van der Waals surface area contributed by atoms with E-state index in [4.69, 9.17) is 10.1 Å². The van der Waals surface area contributed by atoms with E-state index in [1.807, 2.05) is 6.92 Å². The van der Waals surface area contributed by atoms with Gasteiger partial charge in [-0.1, -0.05) is 25.5 Å². The maximum atomic E-state index is 13.8. The number of hydrogen-bond acceptors (Lipinski definition) is 8. The minimum atomic E-state index is -4.10. The molecule has 3 N–H and O–H groups in total. The van der Waals surface area contributed by atoms with Crippen LogP contribution in [0.2, 0.25) is 0 Å².